The molecule has 0 fully saturated rings. The molecule has 2 radical (unpaired) electrons. The average molecular weight is 441 g/mol. The van der Waals surface area contributed by atoms with E-state index in [1.165, 1.54) is 49.7 Å². The van der Waals surface area contributed by atoms with E-state index in [0.29, 0.717) is 17.0 Å². The number of rotatable bonds is 4. The van der Waals surface area contributed by atoms with E-state index in [1.807, 2.05) is 0 Å². The van der Waals surface area contributed by atoms with Crippen LogP contribution in [0, 0.1) is 5.92 Å². The van der Waals surface area contributed by atoms with E-state index in [1.54, 1.807) is 5.57 Å². The number of hydrogen-bond acceptors (Lipinski definition) is 0. The lowest BCUT2D eigenvalue weighted by molar-refractivity contribution is 0.740. The Morgan fingerprint density at radius 2 is 1.36 bits per heavy atom. The molecular weight excluding hydrogens is 412 g/mol. The topological polar surface area (TPSA) is 0 Å². The molecule has 0 amide bonds. The molecule has 0 saturated carbocycles. The predicted molar refractivity (Wildman–Crippen MR) is 144 cm³/mol. The molecule has 4 aromatic rings. The third-order valence-electron chi connectivity index (χ3n) is 7.32. The van der Waals surface area contributed by atoms with Crippen molar-refractivity contribution in [1.82, 2.24) is 0 Å². The summed E-state index contributed by atoms with van der Waals surface area (Å²) in [5.41, 5.74) is 12.7. The molecule has 33 heavy (non-hydrogen) atoms. The van der Waals surface area contributed by atoms with Crippen LogP contribution in [0.5, 0.6) is 0 Å². The van der Waals surface area contributed by atoms with E-state index >= 15 is 0 Å². The molecule has 2 aliphatic carbocycles. The minimum absolute atomic E-state index is 0.494. The van der Waals surface area contributed by atoms with Gasteiger partial charge in [0.05, 0.1) is 9.52 Å². The smallest absolute Gasteiger partial charge is 0.0678 e. The average Bonchev–Trinajstić information content (AvgIpc) is 3.37. The van der Waals surface area contributed by atoms with Crippen LogP contribution >= 0.6 is 0 Å². The zero-order chi connectivity index (χ0) is 22.5. The van der Waals surface area contributed by atoms with Gasteiger partial charge in [-0.1, -0.05) is 122 Å². The summed E-state index contributed by atoms with van der Waals surface area (Å²) in [5.74, 6) is 0.571. The van der Waals surface area contributed by atoms with Gasteiger partial charge in [0.2, 0.25) is 0 Å². The second kappa shape index (κ2) is 8.00. The number of fused-ring (bicyclic) bond motifs is 3. The lowest BCUT2D eigenvalue weighted by Crippen LogP contribution is -2.19. The summed E-state index contributed by atoms with van der Waals surface area (Å²) >= 11 is 0. The molecule has 0 aliphatic heterocycles. The maximum atomic E-state index is 2.46. The third kappa shape index (κ3) is 3.34. The molecule has 0 nitrogen and oxygen atoms in total. The van der Waals surface area contributed by atoms with Gasteiger partial charge in [0, 0.05) is 0 Å². The van der Waals surface area contributed by atoms with Gasteiger partial charge >= 0.3 is 0 Å². The molecule has 0 N–H and O–H groups in total. The zero-order valence-electron chi connectivity index (χ0n) is 19.5. The van der Waals surface area contributed by atoms with Crippen molar-refractivity contribution in [2.45, 2.75) is 31.9 Å². The van der Waals surface area contributed by atoms with Crippen LogP contribution in [-0.4, -0.2) is 9.52 Å². The van der Waals surface area contributed by atoms with Crippen LogP contribution in [0.15, 0.2) is 96.1 Å². The van der Waals surface area contributed by atoms with Crippen LogP contribution < -0.4 is 0 Å². The molecule has 1 heteroatoms. The van der Waals surface area contributed by atoms with Crippen LogP contribution in [0.3, 0.4) is 0 Å². The molecule has 160 valence electrons. The van der Waals surface area contributed by atoms with Gasteiger partial charge in [0.25, 0.3) is 0 Å². The maximum absolute atomic E-state index is 2.46. The fourth-order valence-corrected chi connectivity index (χ4v) is 7.83. The summed E-state index contributed by atoms with van der Waals surface area (Å²) in [5, 5.41) is 2.64. The Hall–Kier alpha value is -3.16. The zero-order valence-corrected chi connectivity index (χ0v) is 20.5. The summed E-state index contributed by atoms with van der Waals surface area (Å²) in [6.45, 7) is 7.03. The van der Waals surface area contributed by atoms with Gasteiger partial charge in [-0.25, -0.2) is 0 Å². The van der Waals surface area contributed by atoms with Crippen molar-refractivity contribution in [3.05, 3.63) is 118 Å². The van der Waals surface area contributed by atoms with Gasteiger partial charge in [0.1, 0.15) is 0 Å². The molecule has 6 rings (SSSR count). The van der Waals surface area contributed by atoms with Crippen LogP contribution in [-0.2, 0) is 0 Å². The van der Waals surface area contributed by atoms with Crippen molar-refractivity contribution in [2.75, 3.05) is 0 Å². The minimum Gasteiger partial charge on any atom is -0.0684 e. The lowest BCUT2D eigenvalue weighted by atomic mass is 9.93. The first-order valence-corrected chi connectivity index (χ1v) is 13.1. The largest absolute Gasteiger partial charge is 0.0684 e. The van der Waals surface area contributed by atoms with E-state index in [0.717, 1.165) is 9.52 Å². The minimum atomic E-state index is 0.494. The highest BCUT2D eigenvalue weighted by atomic mass is 28.2. The first-order valence-electron chi connectivity index (χ1n) is 12.0. The lowest BCUT2D eigenvalue weighted by Gasteiger charge is -2.24. The van der Waals surface area contributed by atoms with Crippen molar-refractivity contribution >= 4 is 32.4 Å². The summed E-state index contributed by atoms with van der Waals surface area (Å²) in [4.78, 5) is 0. The fourth-order valence-electron chi connectivity index (χ4n) is 5.67. The van der Waals surface area contributed by atoms with E-state index in [4.69, 9.17) is 0 Å². The standard InChI is InChI=1S/C32H28Si/c1-20(2)29-19-23-11-5-7-14-25(23)32(29)33-31-21(3)18-30-27(16-9-17-28(30)31)26-15-8-12-22-10-4-6-13-24(22)26/h4-20,31-32H,1-3H3. The quantitative estimate of drug-likeness (QED) is 0.279. The Kier molecular flexibility index (Phi) is 4.96. The van der Waals surface area contributed by atoms with Crippen LogP contribution in [0.4, 0.5) is 0 Å². The van der Waals surface area contributed by atoms with Crippen LogP contribution in [0.25, 0.3) is 34.1 Å². The summed E-state index contributed by atoms with van der Waals surface area (Å²) in [6.07, 6.45) is 4.92. The van der Waals surface area contributed by atoms with Gasteiger partial charge in [0.15, 0.2) is 0 Å². The predicted octanol–water partition coefficient (Wildman–Crippen LogP) is 8.46. The SMILES string of the molecule is CC1=Cc2c(-c3cccc4ccccc34)cccc2C1[Si]C1C(C(C)C)=Cc2ccccc21. The van der Waals surface area contributed by atoms with Gasteiger partial charge in [-0.05, 0) is 68.1 Å². The Morgan fingerprint density at radius 1 is 0.667 bits per heavy atom. The number of benzene rings is 4. The summed E-state index contributed by atoms with van der Waals surface area (Å²) < 4.78 is 0. The third-order valence-corrected chi connectivity index (χ3v) is 9.40. The Labute approximate surface area is 199 Å². The van der Waals surface area contributed by atoms with Gasteiger partial charge in [-0.2, -0.15) is 0 Å². The van der Waals surface area contributed by atoms with Crippen molar-refractivity contribution in [3.8, 4) is 11.1 Å². The van der Waals surface area contributed by atoms with Crippen molar-refractivity contribution in [1.29, 1.82) is 0 Å². The van der Waals surface area contributed by atoms with E-state index < -0.39 is 0 Å². The molecule has 0 saturated heterocycles. The van der Waals surface area contributed by atoms with Crippen molar-refractivity contribution < 1.29 is 0 Å². The van der Waals surface area contributed by atoms with E-state index in [-0.39, 0.29) is 0 Å². The van der Waals surface area contributed by atoms with Gasteiger partial charge in [-0.15, -0.1) is 0 Å². The van der Waals surface area contributed by atoms with E-state index in [2.05, 4.69) is 118 Å². The maximum Gasteiger partial charge on any atom is 0.0678 e. The first kappa shape index (κ1) is 20.4. The highest BCUT2D eigenvalue weighted by Crippen LogP contribution is 2.47. The molecule has 2 aliphatic rings. The fraction of sp³-hybridized carbons (Fsp3) is 0.188. The Morgan fingerprint density at radius 3 is 2.24 bits per heavy atom. The second-order valence-corrected chi connectivity index (χ2v) is 11.2. The molecule has 0 spiro atoms. The molecule has 0 heterocycles. The van der Waals surface area contributed by atoms with Crippen LogP contribution in [0.1, 0.15) is 54.1 Å². The first-order chi connectivity index (χ1) is 16.1. The normalized spacial score (nSPS) is 18.9. The highest BCUT2D eigenvalue weighted by Gasteiger charge is 2.34. The summed E-state index contributed by atoms with van der Waals surface area (Å²) in [7, 11) is 0.826. The van der Waals surface area contributed by atoms with Crippen LogP contribution in [0.2, 0.25) is 0 Å². The monoisotopic (exact) mass is 440 g/mol. The second-order valence-electron chi connectivity index (χ2n) is 9.68. The Bertz CT molecular complexity index is 1430. The molecule has 0 bridgehead atoms. The number of hydrogen-bond donors (Lipinski definition) is 0. The van der Waals surface area contributed by atoms with E-state index in [9.17, 15) is 0 Å². The van der Waals surface area contributed by atoms with Gasteiger partial charge < -0.3 is 0 Å². The molecule has 4 aromatic carbocycles. The van der Waals surface area contributed by atoms with Gasteiger partial charge in [-0.3, -0.25) is 0 Å². The molecule has 0 aromatic heterocycles. The van der Waals surface area contributed by atoms with Crippen molar-refractivity contribution in [3.63, 3.8) is 0 Å². The molecule has 2 atom stereocenters. The number of allylic oxidation sites excluding steroid dienone is 2. The Balaban J connectivity index is 1.43. The summed E-state index contributed by atoms with van der Waals surface area (Å²) in [6, 6.07) is 31.4. The van der Waals surface area contributed by atoms with Crippen molar-refractivity contribution in [2.24, 2.45) is 5.92 Å². The highest BCUT2D eigenvalue weighted by molar-refractivity contribution is 6.44. The molecular formula is C32H28Si. The molecule has 2 unspecified atom stereocenters.